The van der Waals surface area contributed by atoms with Gasteiger partial charge in [-0.15, -0.1) is 0 Å². The van der Waals surface area contributed by atoms with Crippen molar-refractivity contribution >= 4 is 7.82 Å². The molecule has 6 nitrogen and oxygen atoms in total. The number of aromatic nitrogens is 2. The van der Waals surface area contributed by atoms with Crippen LogP contribution in [0.5, 0.6) is 0 Å². The maximum atomic E-state index is 10.5. The minimum Gasteiger partial charge on any atom is -0.291 e. The van der Waals surface area contributed by atoms with Gasteiger partial charge in [-0.25, -0.2) is 13.8 Å². The molecule has 0 spiro atoms. The van der Waals surface area contributed by atoms with E-state index < -0.39 is 7.82 Å². The minimum atomic E-state index is -4.45. The van der Waals surface area contributed by atoms with E-state index in [0.717, 1.165) is 24.1 Å². The van der Waals surface area contributed by atoms with Gasteiger partial charge in [-0.1, -0.05) is 13.3 Å². The molecule has 0 aliphatic heterocycles. The van der Waals surface area contributed by atoms with E-state index in [0.29, 0.717) is 0 Å². The van der Waals surface area contributed by atoms with Crippen molar-refractivity contribution in [2.45, 2.75) is 26.3 Å². The first-order chi connectivity index (χ1) is 6.51. The highest BCUT2D eigenvalue weighted by Gasteiger charge is 2.20. The molecule has 0 amide bonds. The summed E-state index contributed by atoms with van der Waals surface area (Å²) in [5.41, 5.74) is 0. The van der Waals surface area contributed by atoms with Crippen LogP contribution in [0.25, 0.3) is 0 Å². The minimum absolute atomic E-state index is 0.814. The van der Waals surface area contributed by atoms with Crippen molar-refractivity contribution in [1.82, 2.24) is 4.73 Å². The van der Waals surface area contributed by atoms with E-state index in [-0.39, 0.29) is 0 Å². The van der Waals surface area contributed by atoms with Gasteiger partial charge in [-0.05, 0) is 11.2 Å². The van der Waals surface area contributed by atoms with Crippen LogP contribution in [0.3, 0.4) is 0 Å². The number of rotatable bonds is 5. The van der Waals surface area contributed by atoms with E-state index in [1.54, 1.807) is 10.8 Å². The molecule has 0 bridgehead atoms. The third-order valence-electron chi connectivity index (χ3n) is 1.64. The Morgan fingerprint density at radius 3 is 2.86 bits per heavy atom. The van der Waals surface area contributed by atoms with Gasteiger partial charge in [0.1, 0.15) is 6.20 Å². The number of nitrogens with zero attached hydrogens (tertiary/aromatic N) is 2. The molecule has 1 aromatic heterocycles. The molecule has 2 N–H and O–H groups in total. The number of hydrogen-bond acceptors (Lipinski definition) is 2. The summed E-state index contributed by atoms with van der Waals surface area (Å²) < 4.78 is 17.6. The van der Waals surface area contributed by atoms with Crippen LogP contribution in [0, 0.1) is 0 Å². The summed E-state index contributed by atoms with van der Waals surface area (Å²) >= 11 is 0. The second-order valence-corrected chi connectivity index (χ2v) is 4.08. The molecule has 1 heterocycles. The lowest BCUT2D eigenvalue weighted by atomic mass is 10.3. The zero-order chi connectivity index (χ0) is 10.6. The standard InChI is InChI=1S/C7H13N2O4P/c1-2-3-4-8-5-6-9(7-8)13-14(10,11)12/h5-7H,2-4H2,1H3,(H-,10,11,12)/p+1. The molecule has 0 saturated heterocycles. The molecule has 0 atom stereocenters. The van der Waals surface area contributed by atoms with Crippen molar-refractivity contribution in [3.63, 3.8) is 0 Å². The van der Waals surface area contributed by atoms with Gasteiger partial charge in [0.15, 0.2) is 6.20 Å². The van der Waals surface area contributed by atoms with Gasteiger partial charge in [-0.3, -0.25) is 9.79 Å². The second-order valence-electron chi connectivity index (χ2n) is 2.94. The van der Waals surface area contributed by atoms with Crippen molar-refractivity contribution < 1.29 is 23.5 Å². The maximum absolute atomic E-state index is 10.5. The zero-order valence-corrected chi connectivity index (χ0v) is 8.80. The molecule has 0 aliphatic carbocycles. The second kappa shape index (κ2) is 4.59. The Kier molecular flexibility index (Phi) is 3.69. The van der Waals surface area contributed by atoms with E-state index in [4.69, 9.17) is 9.79 Å². The molecule has 80 valence electrons. The highest BCUT2D eigenvalue weighted by molar-refractivity contribution is 7.46. The number of aryl methyl sites for hydroxylation is 1. The molecule has 0 unspecified atom stereocenters. The monoisotopic (exact) mass is 221 g/mol. The van der Waals surface area contributed by atoms with Crippen molar-refractivity contribution in [2.24, 2.45) is 0 Å². The van der Waals surface area contributed by atoms with Gasteiger partial charge in [0.05, 0.1) is 6.54 Å². The highest BCUT2D eigenvalue weighted by atomic mass is 31.2. The SMILES string of the molecule is CCCC[n+]1ccn(OP(=O)(O)O)c1. The van der Waals surface area contributed by atoms with Crippen LogP contribution >= 0.6 is 7.82 Å². The zero-order valence-electron chi connectivity index (χ0n) is 7.91. The van der Waals surface area contributed by atoms with Gasteiger partial charge in [0.2, 0.25) is 0 Å². The maximum Gasteiger partial charge on any atom is 0.561 e. The van der Waals surface area contributed by atoms with Crippen molar-refractivity contribution in [2.75, 3.05) is 0 Å². The third-order valence-corrected chi connectivity index (χ3v) is 2.04. The van der Waals surface area contributed by atoms with Crippen LogP contribution in [0.4, 0.5) is 0 Å². The number of hydrogen-bond donors (Lipinski definition) is 2. The Hall–Kier alpha value is -0.840. The Labute approximate surface area is 81.9 Å². The summed E-state index contributed by atoms with van der Waals surface area (Å²) in [5.74, 6) is 0. The lowest BCUT2D eigenvalue weighted by Crippen LogP contribution is -2.31. The molecule has 1 rings (SSSR count). The van der Waals surface area contributed by atoms with Gasteiger partial charge < -0.3 is 0 Å². The molecule has 0 radical (unpaired) electrons. The Morgan fingerprint density at radius 1 is 1.57 bits per heavy atom. The predicted octanol–water partition coefficient (Wildman–Crippen LogP) is 0.0970. The van der Waals surface area contributed by atoms with Gasteiger partial charge in [-0.2, -0.15) is 0 Å². The fraction of sp³-hybridized carbons (Fsp3) is 0.571. The Balaban J connectivity index is 2.55. The molecular weight excluding hydrogens is 207 g/mol. The van der Waals surface area contributed by atoms with Crippen molar-refractivity contribution in [3.8, 4) is 0 Å². The molecule has 14 heavy (non-hydrogen) atoms. The topological polar surface area (TPSA) is 75.6 Å². The number of phosphoric acid groups is 1. The van der Waals surface area contributed by atoms with Crippen LogP contribution in [0.15, 0.2) is 18.7 Å². The summed E-state index contributed by atoms with van der Waals surface area (Å²) in [7, 11) is -4.45. The molecule has 0 aliphatic rings. The van der Waals surface area contributed by atoms with Crippen molar-refractivity contribution in [3.05, 3.63) is 18.7 Å². The number of imidazole rings is 1. The molecule has 0 fully saturated rings. The molecule has 7 heteroatoms. The van der Waals surface area contributed by atoms with E-state index in [9.17, 15) is 4.57 Å². The van der Waals surface area contributed by atoms with Crippen molar-refractivity contribution in [1.29, 1.82) is 0 Å². The fourth-order valence-electron chi connectivity index (χ4n) is 1.02. The predicted molar refractivity (Wildman–Crippen MR) is 48.2 cm³/mol. The van der Waals surface area contributed by atoms with E-state index in [1.807, 2.05) is 0 Å². The Morgan fingerprint density at radius 2 is 2.29 bits per heavy atom. The van der Waals surface area contributed by atoms with E-state index in [1.165, 1.54) is 12.5 Å². The first-order valence-electron chi connectivity index (χ1n) is 4.34. The van der Waals surface area contributed by atoms with Crippen LogP contribution in [-0.4, -0.2) is 14.5 Å². The number of unbranched alkanes of at least 4 members (excludes halogenated alkanes) is 1. The summed E-state index contributed by atoms with van der Waals surface area (Å²) in [6.45, 7) is 2.89. The molecule has 0 saturated carbocycles. The molecule has 0 aromatic carbocycles. The van der Waals surface area contributed by atoms with E-state index in [2.05, 4.69) is 11.5 Å². The lowest BCUT2D eigenvalue weighted by molar-refractivity contribution is -0.697. The molecule has 1 aromatic rings. The van der Waals surface area contributed by atoms with E-state index >= 15 is 0 Å². The largest absolute Gasteiger partial charge is 0.561 e. The summed E-state index contributed by atoms with van der Waals surface area (Å²) in [5, 5.41) is 0. The fourth-order valence-corrected chi connectivity index (χ4v) is 1.36. The van der Waals surface area contributed by atoms with Crippen LogP contribution in [-0.2, 0) is 11.1 Å². The average Bonchev–Trinajstić information content (AvgIpc) is 2.46. The highest BCUT2D eigenvalue weighted by Crippen LogP contribution is 2.30. The first-order valence-corrected chi connectivity index (χ1v) is 5.87. The summed E-state index contributed by atoms with van der Waals surface area (Å²) in [6.07, 6.45) is 6.73. The first kappa shape index (κ1) is 11.2. The van der Waals surface area contributed by atoms with Crippen LogP contribution in [0.1, 0.15) is 19.8 Å². The normalized spacial score (nSPS) is 11.6. The van der Waals surface area contributed by atoms with Gasteiger partial charge in [0.25, 0.3) is 6.33 Å². The van der Waals surface area contributed by atoms with Crippen LogP contribution < -0.4 is 9.19 Å². The Bertz CT molecular complexity index is 332. The summed E-state index contributed by atoms with van der Waals surface area (Å²) in [6, 6.07) is 0. The lowest BCUT2D eigenvalue weighted by Gasteiger charge is -1.98. The average molecular weight is 221 g/mol. The smallest absolute Gasteiger partial charge is 0.291 e. The van der Waals surface area contributed by atoms with Crippen LogP contribution in [0.2, 0.25) is 0 Å². The summed E-state index contributed by atoms with van der Waals surface area (Å²) in [4.78, 5) is 17.0. The van der Waals surface area contributed by atoms with Gasteiger partial charge in [0, 0.05) is 0 Å². The quantitative estimate of drug-likeness (QED) is 0.546. The third kappa shape index (κ3) is 3.91. The molecular formula is C7H14N2O4P+. The van der Waals surface area contributed by atoms with Gasteiger partial charge >= 0.3 is 7.82 Å².